The molecule has 1 aliphatic heterocycles. The normalized spacial score (nSPS) is 19.9. The Balaban J connectivity index is 1.60. The van der Waals surface area contributed by atoms with E-state index in [1.807, 2.05) is 24.3 Å². The monoisotopic (exact) mass is 431 g/mol. The number of rotatable bonds is 4. The fourth-order valence-corrected chi connectivity index (χ4v) is 5.90. The summed E-state index contributed by atoms with van der Waals surface area (Å²) in [6.45, 7) is 4.30. The van der Waals surface area contributed by atoms with Crippen LogP contribution in [0.3, 0.4) is 0 Å². The molecule has 3 aromatic rings. The van der Waals surface area contributed by atoms with E-state index < -0.39 is 0 Å². The zero-order valence-electron chi connectivity index (χ0n) is 15.9. The summed E-state index contributed by atoms with van der Waals surface area (Å²) in [5.41, 5.74) is 2.17. The van der Waals surface area contributed by atoms with Gasteiger partial charge in [0, 0.05) is 28.0 Å². The maximum atomic E-state index is 12.9. The van der Waals surface area contributed by atoms with E-state index >= 15 is 0 Å². The number of benzene rings is 1. The maximum absolute atomic E-state index is 12.9. The molecule has 1 aliphatic rings. The van der Waals surface area contributed by atoms with Gasteiger partial charge in [0.15, 0.2) is 0 Å². The van der Waals surface area contributed by atoms with Crippen molar-refractivity contribution in [2.75, 3.05) is 5.75 Å². The van der Waals surface area contributed by atoms with Crippen LogP contribution in [0.2, 0.25) is 5.02 Å². The predicted octanol–water partition coefficient (Wildman–Crippen LogP) is 5.89. The molecular formula is C21H22ClN3OS2. The minimum absolute atomic E-state index is 0.194. The molecule has 4 rings (SSSR count). The number of piperidine rings is 1. The first-order valence-corrected chi connectivity index (χ1v) is 11.7. The molecule has 1 fully saturated rings. The number of hydrogen-bond acceptors (Lipinski definition) is 5. The van der Waals surface area contributed by atoms with E-state index in [4.69, 9.17) is 11.6 Å². The number of carbonyl (C=O) groups excluding carboxylic acids is 1. The standard InChI is InChI=1S/C21H22ClN3OS2/c1-13-4-3-5-14(2)25(13)18(26)11-28-21-19-17(10-27-20(19)23-12-24-21)15-6-8-16(22)9-7-15/h6-10,12-14H,3-5,11H2,1-2H3. The van der Waals surface area contributed by atoms with Crippen molar-refractivity contribution < 1.29 is 4.79 Å². The molecule has 2 atom stereocenters. The molecule has 2 aromatic heterocycles. The average Bonchev–Trinajstić information content (AvgIpc) is 3.11. The van der Waals surface area contributed by atoms with E-state index in [0.717, 1.165) is 39.2 Å². The fraction of sp³-hybridized carbons (Fsp3) is 0.381. The molecule has 7 heteroatoms. The highest BCUT2D eigenvalue weighted by Gasteiger charge is 2.29. The number of amides is 1. The van der Waals surface area contributed by atoms with E-state index in [9.17, 15) is 4.79 Å². The molecular weight excluding hydrogens is 410 g/mol. The second kappa shape index (κ2) is 8.39. The van der Waals surface area contributed by atoms with Gasteiger partial charge in [-0.3, -0.25) is 4.79 Å². The Kier molecular flexibility index (Phi) is 5.90. The van der Waals surface area contributed by atoms with E-state index in [1.54, 1.807) is 17.7 Å². The lowest BCUT2D eigenvalue weighted by molar-refractivity contribution is -0.134. The van der Waals surface area contributed by atoms with Crippen LogP contribution in [0.1, 0.15) is 33.1 Å². The van der Waals surface area contributed by atoms with Crippen LogP contribution in [0, 0.1) is 0 Å². The third kappa shape index (κ3) is 3.91. The molecule has 1 aromatic carbocycles. The molecule has 28 heavy (non-hydrogen) atoms. The van der Waals surface area contributed by atoms with E-state index in [-0.39, 0.29) is 5.91 Å². The van der Waals surface area contributed by atoms with Crippen molar-refractivity contribution in [1.29, 1.82) is 0 Å². The summed E-state index contributed by atoms with van der Waals surface area (Å²) in [6.07, 6.45) is 4.96. The van der Waals surface area contributed by atoms with Crippen molar-refractivity contribution >= 4 is 50.8 Å². The summed E-state index contributed by atoms with van der Waals surface area (Å²) in [6, 6.07) is 8.42. The minimum atomic E-state index is 0.194. The first-order chi connectivity index (χ1) is 13.5. The number of fused-ring (bicyclic) bond motifs is 1. The lowest BCUT2D eigenvalue weighted by Crippen LogP contribution is -2.48. The predicted molar refractivity (Wildman–Crippen MR) is 118 cm³/mol. The van der Waals surface area contributed by atoms with Gasteiger partial charge in [0.2, 0.25) is 5.91 Å². The van der Waals surface area contributed by atoms with Gasteiger partial charge < -0.3 is 4.90 Å². The zero-order valence-corrected chi connectivity index (χ0v) is 18.3. The van der Waals surface area contributed by atoms with Crippen molar-refractivity contribution in [2.24, 2.45) is 0 Å². The van der Waals surface area contributed by atoms with Gasteiger partial charge in [0.25, 0.3) is 0 Å². The van der Waals surface area contributed by atoms with Gasteiger partial charge in [-0.15, -0.1) is 11.3 Å². The lowest BCUT2D eigenvalue weighted by atomic mass is 9.98. The Bertz CT molecular complexity index is 979. The Morgan fingerprint density at radius 1 is 1.21 bits per heavy atom. The Labute approximate surface area is 178 Å². The first-order valence-electron chi connectivity index (χ1n) is 9.46. The number of likely N-dealkylation sites (tertiary alicyclic amines) is 1. The first kappa shape index (κ1) is 19.7. The maximum Gasteiger partial charge on any atom is 0.233 e. The molecule has 1 amide bonds. The van der Waals surface area contributed by atoms with Gasteiger partial charge in [-0.25, -0.2) is 9.97 Å². The van der Waals surface area contributed by atoms with Crippen LogP contribution >= 0.6 is 34.7 Å². The number of nitrogens with zero attached hydrogens (tertiary/aromatic N) is 3. The van der Waals surface area contributed by atoms with Crippen molar-refractivity contribution in [2.45, 2.75) is 50.2 Å². The van der Waals surface area contributed by atoms with Crippen LogP contribution in [0.15, 0.2) is 41.0 Å². The number of aromatic nitrogens is 2. The summed E-state index contributed by atoms with van der Waals surface area (Å²) >= 11 is 9.14. The fourth-order valence-electron chi connectivity index (χ4n) is 3.92. The molecule has 146 valence electrons. The van der Waals surface area contributed by atoms with Crippen LogP contribution in [-0.2, 0) is 4.79 Å². The zero-order chi connectivity index (χ0) is 19.7. The molecule has 0 saturated carbocycles. The minimum Gasteiger partial charge on any atom is -0.337 e. The number of halogens is 1. The summed E-state index contributed by atoms with van der Waals surface area (Å²) in [4.78, 5) is 24.8. The van der Waals surface area contributed by atoms with Crippen molar-refractivity contribution in [3.8, 4) is 11.1 Å². The average molecular weight is 432 g/mol. The van der Waals surface area contributed by atoms with Gasteiger partial charge >= 0.3 is 0 Å². The Hall–Kier alpha value is -1.63. The number of hydrogen-bond donors (Lipinski definition) is 0. The van der Waals surface area contributed by atoms with Crippen LogP contribution in [-0.4, -0.2) is 38.6 Å². The van der Waals surface area contributed by atoms with Gasteiger partial charge in [-0.2, -0.15) is 0 Å². The summed E-state index contributed by atoms with van der Waals surface area (Å²) in [7, 11) is 0. The second-order valence-corrected chi connectivity index (χ2v) is 9.49. The smallest absolute Gasteiger partial charge is 0.233 e. The largest absolute Gasteiger partial charge is 0.337 e. The summed E-state index contributed by atoms with van der Waals surface area (Å²) in [5.74, 6) is 0.594. The third-order valence-electron chi connectivity index (χ3n) is 5.30. The van der Waals surface area contributed by atoms with Gasteiger partial charge in [-0.05, 0) is 50.8 Å². The van der Waals surface area contributed by atoms with E-state index in [0.29, 0.717) is 22.9 Å². The molecule has 3 heterocycles. The highest BCUT2D eigenvalue weighted by atomic mass is 35.5. The van der Waals surface area contributed by atoms with Crippen LogP contribution in [0.5, 0.6) is 0 Å². The van der Waals surface area contributed by atoms with Gasteiger partial charge in [0.1, 0.15) is 16.2 Å². The summed E-state index contributed by atoms with van der Waals surface area (Å²) < 4.78 is 0. The summed E-state index contributed by atoms with van der Waals surface area (Å²) in [5, 5.41) is 4.70. The number of thioether (sulfide) groups is 1. The highest BCUT2D eigenvalue weighted by Crippen LogP contribution is 2.38. The quantitative estimate of drug-likeness (QED) is 0.381. The van der Waals surface area contributed by atoms with Crippen molar-refractivity contribution in [1.82, 2.24) is 14.9 Å². The number of thiophene rings is 1. The van der Waals surface area contributed by atoms with Crippen molar-refractivity contribution in [3.05, 3.63) is 41.0 Å². The SMILES string of the molecule is CC1CCCC(C)N1C(=O)CSc1ncnc2scc(-c3ccc(Cl)cc3)c12. The topological polar surface area (TPSA) is 46.1 Å². The van der Waals surface area contributed by atoms with E-state index in [2.05, 4.69) is 34.1 Å². The molecule has 0 bridgehead atoms. The third-order valence-corrected chi connectivity index (χ3v) is 7.42. The van der Waals surface area contributed by atoms with Crippen LogP contribution in [0.4, 0.5) is 0 Å². The molecule has 4 nitrogen and oxygen atoms in total. The van der Waals surface area contributed by atoms with Crippen LogP contribution < -0.4 is 0 Å². The van der Waals surface area contributed by atoms with E-state index in [1.165, 1.54) is 18.2 Å². The molecule has 0 spiro atoms. The number of carbonyl (C=O) groups is 1. The Morgan fingerprint density at radius 2 is 1.93 bits per heavy atom. The molecule has 2 unspecified atom stereocenters. The molecule has 0 aliphatic carbocycles. The van der Waals surface area contributed by atoms with Gasteiger partial charge in [-0.1, -0.05) is 35.5 Å². The highest BCUT2D eigenvalue weighted by molar-refractivity contribution is 8.00. The molecule has 0 N–H and O–H groups in total. The van der Waals surface area contributed by atoms with Gasteiger partial charge in [0.05, 0.1) is 11.1 Å². The lowest BCUT2D eigenvalue weighted by Gasteiger charge is -2.39. The van der Waals surface area contributed by atoms with Crippen LogP contribution in [0.25, 0.3) is 21.3 Å². The second-order valence-electron chi connectivity index (χ2n) is 7.23. The van der Waals surface area contributed by atoms with Crippen molar-refractivity contribution in [3.63, 3.8) is 0 Å². The molecule has 1 saturated heterocycles. The Morgan fingerprint density at radius 3 is 2.64 bits per heavy atom. The molecule has 0 radical (unpaired) electrons.